The topological polar surface area (TPSA) is 81.9 Å². The van der Waals surface area contributed by atoms with Crippen LogP contribution in [0.1, 0.15) is 18.4 Å². The van der Waals surface area contributed by atoms with E-state index in [1.54, 1.807) is 24.3 Å². The minimum Gasteiger partial charge on any atom is -0.347 e. The van der Waals surface area contributed by atoms with E-state index in [1.807, 2.05) is 0 Å². The highest BCUT2D eigenvalue weighted by Gasteiger charge is 2.42. The number of ether oxygens (including phenoxy) is 2. The Bertz CT molecular complexity index is 584. The van der Waals surface area contributed by atoms with Crippen LogP contribution in [-0.4, -0.2) is 44.8 Å². The summed E-state index contributed by atoms with van der Waals surface area (Å²) in [6.45, 7) is 2.42. The van der Waals surface area contributed by atoms with Crippen LogP contribution < -0.4 is 5.73 Å². The number of piperidine rings is 1. The van der Waals surface area contributed by atoms with Crippen LogP contribution in [0.3, 0.4) is 0 Å². The Morgan fingerprint density at radius 3 is 2.19 bits per heavy atom. The van der Waals surface area contributed by atoms with E-state index in [0.717, 1.165) is 5.56 Å². The third-order valence-corrected chi connectivity index (χ3v) is 6.01. The molecule has 2 fully saturated rings. The van der Waals surface area contributed by atoms with Crippen molar-refractivity contribution < 1.29 is 17.9 Å². The molecule has 0 bridgehead atoms. The van der Waals surface area contributed by atoms with Gasteiger partial charge in [-0.05, 0) is 17.7 Å². The van der Waals surface area contributed by atoms with Crippen LogP contribution in [0.5, 0.6) is 0 Å². The SMILES string of the molecule is NCc1ccc(S(=O)(=O)N2CCC3(CC2)OCCO3)cc1. The first kappa shape index (κ1) is 14.9. The fourth-order valence-corrected chi connectivity index (χ4v) is 4.24. The summed E-state index contributed by atoms with van der Waals surface area (Å²) in [6.07, 6.45) is 1.15. The predicted octanol–water partition coefficient (Wildman–Crippen LogP) is 0.673. The van der Waals surface area contributed by atoms with Gasteiger partial charge in [0.25, 0.3) is 0 Å². The third kappa shape index (κ3) is 2.84. The molecule has 1 aromatic rings. The summed E-state index contributed by atoms with van der Waals surface area (Å²) < 4.78 is 37.9. The van der Waals surface area contributed by atoms with E-state index in [2.05, 4.69) is 0 Å². The van der Waals surface area contributed by atoms with Crippen molar-refractivity contribution >= 4 is 10.0 Å². The Labute approximate surface area is 124 Å². The Morgan fingerprint density at radius 1 is 1.10 bits per heavy atom. The number of benzene rings is 1. The average molecular weight is 312 g/mol. The molecule has 116 valence electrons. The lowest BCUT2D eigenvalue weighted by molar-refractivity contribution is -0.179. The van der Waals surface area contributed by atoms with Gasteiger partial charge in [0.05, 0.1) is 18.1 Å². The van der Waals surface area contributed by atoms with Crippen molar-refractivity contribution in [2.24, 2.45) is 5.73 Å². The summed E-state index contributed by atoms with van der Waals surface area (Å²) >= 11 is 0. The average Bonchev–Trinajstić information content (AvgIpc) is 2.96. The number of nitrogens with two attached hydrogens (primary N) is 1. The van der Waals surface area contributed by atoms with Crippen LogP contribution in [0.25, 0.3) is 0 Å². The molecule has 0 atom stereocenters. The van der Waals surface area contributed by atoms with Crippen molar-refractivity contribution in [3.05, 3.63) is 29.8 Å². The minimum absolute atomic E-state index is 0.309. The molecule has 0 amide bonds. The van der Waals surface area contributed by atoms with Gasteiger partial charge in [0.2, 0.25) is 10.0 Å². The van der Waals surface area contributed by atoms with Gasteiger partial charge in [-0.3, -0.25) is 0 Å². The van der Waals surface area contributed by atoms with Gasteiger partial charge < -0.3 is 15.2 Å². The molecular weight excluding hydrogens is 292 g/mol. The minimum atomic E-state index is -3.45. The van der Waals surface area contributed by atoms with Gasteiger partial charge in [0.1, 0.15) is 0 Å². The lowest BCUT2D eigenvalue weighted by Gasteiger charge is -2.36. The van der Waals surface area contributed by atoms with Gasteiger partial charge in [-0.15, -0.1) is 0 Å². The quantitative estimate of drug-likeness (QED) is 0.887. The fraction of sp³-hybridized carbons (Fsp3) is 0.571. The summed E-state index contributed by atoms with van der Waals surface area (Å²) in [6, 6.07) is 6.73. The number of sulfonamides is 1. The molecule has 7 heteroatoms. The normalized spacial score (nSPS) is 22.7. The van der Waals surface area contributed by atoms with Gasteiger partial charge in [0.15, 0.2) is 5.79 Å². The maximum absolute atomic E-state index is 12.6. The van der Waals surface area contributed by atoms with Gasteiger partial charge in [-0.1, -0.05) is 12.1 Å². The lowest BCUT2D eigenvalue weighted by atomic mass is 10.1. The van der Waals surface area contributed by atoms with E-state index in [-0.39, 0.29) is 0 Å². The van der Waals surface area contributed by atoms with E-state index < -0.39 is 15.8 Å². The highest BCUT2D eigenvalue weighted by atomic mass is 32.2. The monoisotopic (exact) mass is 312 g/mol. The molecule has 2 aliphatic rings. The van der Waals surface area contributed by atoms with Crippen molar-refractivity contribution in [3.8, 4) is 0 Å². The highest BCUT2D eigenvalue weighted by Crippen LogP contribution is 2.33. The van der Waals surface area contributed by atoms with Crippen LogP contribution in [-0.2, 0) is 26.0 Å². The molecule has 21 heavy (non-hydrogen) atoms. The molecule has 0 saturated carbocycles. The van der Waals surface area contributed by atoms with Crippen LogP contribution in [0.15, 0.2) is 29.2 Å². The number of hydrogen-bond acceptors (Lipinski definition) is 5. The van der Waals surface area contributed by atoms with Crippen molar-refractivity contribution in [1.82, 2.24) is 4.31 Å². The zero-order valence-corrected chi connectivity index (χ0v) is 12.6. The smallest absolute Gasteiger partial charge is 0.243 e. The van der Waals surface area contributed by atoms with E-state index in [0.29, 0.717) is 50.6 Å². The summed E-state index contributed by atoms with van der Waals surface area (Å²) in [4.78, 5) is 0.309. The molecule has 0 unspecified atom stereocenters. The second-order valence-electron chi connectivity index (χ2n) is 5.36. The molecule has 6 nitrogen and oxygen atoms in total. The summed E-state index contributed by atoms with van der Waals surface area (Å²) in [5.41, 5.74) is 6.45. The summed E-state index contributed by atoms with van der Waals surface area (Å²) in [5.74, 6) is -0.560. The number of hydrogen-bond donors (Lipinski definition) is 1. The highest BCUT2D eigenvalue weighted by molar-refractivity contribution is 7.89. The molecule has 1 spiro atoms. The largest absolute Gasteiger partial charge is 0.347 e. The molecular formula is C14H20N2O4S. The maximum atomic E-state index is 12.6. The maximum Gasteiger partial charge on any atom is 0.243 e. The van der Waals surface area contributed by atoms with Crippen molar-refractivity contribution in [3.63, 3.8) is 0 Å². The van der Waals surface area contributed by atoms with E-state index in [9.17, 15) is 8.42 Å². The van der Waals surface area contributed by atoms with Crippen molar-refractivity contribution in [2.45, 2.75) is 30.1 Å². The standard InChI is InChI=1S/C14H20N2O4S/c15-11-12-1-3-13(4-2-12)21(17,18)16-7-5-14(6-8-16)19-9-10-20-14/h1-4H,5-11,15H2. The Morgan fingerprint density at radius 2 is 1.67 bits per heavy atom. The van der Waals surface area contributed by atoms with E-state index in [1.165, 1.54) is 4.31 Å². The first-order valence-electron chi connectivity index (χ1n) is 7.13. The van der Waals surface area contributed by atoms with Crippen molar-refractivity contribution in [2.75, 3.05) is 26.3 Å². The van der Waals surface area contributed by atoms with Crippen molar-refractivity contribution in [1.29, 1.82) is 0 Å². The molecule has 0 aromatic heterocycles. The van der Waals surface area contributed by atoms with E-state index >= 15 is 0 Å². The van der Waals surface area contributed by atoms with Crippen LogP contribution in [0.2, 0.25) is 0 Å². The van der Waals surface area contributed by atoms with Gasteiger partial charge in [-0.25, -0.2) is 8.42 Å². The molecule has 2 saturated heterocycles. The number of nitrogens with zero attached hydrogens (tertiary/aromatic N) is 1. The molecule has 2 N–H and O–H groups in total. The molecule has 0 aliphatic carbocycles. The first-order valence-corrected chi connectivity index (χ1v) is 8.57. The zero-order valence-electron chi connectivity index (χ0n) is 11.8. The molecule has 1 aromatic carbocycles. The third-order valence-electron chi connectivity index (χ3n) is 4.09. The zero-order chi connectivity index (χ0) is 14.9. The molecule has 0 radical (unpaired) electrons. The second kappa shape index (κ2) is 5.66. The van der Waals surface area contributed by atoms with Crippen LogP contribution in [0.4, 0.5) is 0 Å². The van der Waals surface area contributed by atoms with Crippen LogP contribution in [0, 0.1) is 0 Å². The summed E-state index contributed by atoms with van der Waals surface area (Å²) in [7, 11) is -3.45. The fourth-order valence-electron chi connectivity index (χ4n) is 2.80. The molecule has 2 heterocycles. The van der Waals surface area contributed by atoms with Gasteiger partial charge >= 0.3 is 0 Å². The Hall–Kier alpha value is -0.990. The van der Waals surface area contributed by atoms with E-state index in [4.69, 9.17) is 15.2 Å². The molecule has 3 rings (SSSR count). The van der Waals surface area contributed by atoms with Crippen LogP contribution >= 0.6 is 0 Å². The van der Waals surface area contributed by atoms with Gasteiger partial charge in [0, 0.05) is 32.5 Å². The lowest BCUT2D eigenvalue weighted by Crippen LogP contribution is -2.47. The molecule has 2 aliphatic heterocycles. The Kier molecular flexibility index (Phi) is 4.02. The second-order valence-corrected chi connectivity index (χ2v) is 7.30. The summed E-state index contributed by atoms with van der Waals surface area (Å²) in [5, 5.41) is 0. The first-order chi connectivity index (χ1) is 10.1. The number of rotatable bonds is 3. The predicted molar refractivity (Wildman–Crippen MR) is 77.0 cm³/mol. The Balaban J connectivity index is 1.73. The van der Waals surface area contributed by atoms with Gasteiger partial charge in [-0.2, -0.15) is 4.31 Å².